The number of hydrogen-bond acceptors (Lipinski definition) is 7. The number of hydrogen-bond donors (Lipinski definition) is 5. The number of carbonyl (C=O) groups is 2. The molecule has 9 heteroatoms. The Labute approximate surface area is 173 Å². The Morgan fingerprint density at radius 2 is 1.63 bits per heavy atom. The Kier molecular flexibility index (Phi) is 8.69. The Morgan fingerprint density at radius 1 is 1.00 bits per heavy atom. The normalized spacial score (nSPS) is 12.4. The molecule has 30 heavy (non-hydrogen) atoms. The van der Waals surface area contributed by atoms with Gasteiger partial charge in [-0.25, -0.2) is 4.79 Å². The number of rotatable bonds is 7. The van der Waals surface area contributed by atoms with E-state index in [0.29, 0.717) is 17.1 Å². The number of aliphatic carboxylic acids is 2. The minimum absolute atomic E-state index is 0.0795. The topological polar surface area (TPSA) is 160 Å². The van der Waals surface area contributed by atoms with Crippen LogP contribution in [-0.2, 0) is 16.0 Å². The fourth-order valence-corrected chi connectivity index (χ4v) is 2.30. The molecule has 0 aliphatic carbocycles. The summed E-state index contributed by atoms with van der Waals surface area (Å²) >= 11 is 0. The maximum atomic E-state index is 10.7. The third-order valence-electron chi connectivity index (χ3n) is 3.93. The first-order chi connectivity index (χ1) is 14.0. The molecule has 0 heterocycles. The van der Waals surface area contributed by atoms with Gasteiger partial charge < -0.3 is 35.6 Å². The van der Waals surface area contributed by atoms with Crippen molar-refractivity contribution < 1.29 is 39.5 Å². The van der Waals surface area contributed by atoms with Gasteiger partial charge in [-0.05, 0) is 48.4 Å². The van der Waals surface area contributed by atoms with Crippen molar-refractivity contribution >= 4 is 18.0 Å². The monoisotopic (exact) mass is 419 g/mol. The number of benzene rings is 2. The van der Waals surface area contributed by atoms with Crippen molar-refractivity contribution in [2.24, 2.45) is 5.73 Å². The van der Waals surface area contributed by atoms with E-state index in [2.05, 4.69) is 0 Å². The molecule has 0 aliphatic heterocycles. The summed E-state index contributed by atoms with van der Waals surface area (Å²) in [5, 5.41) is 35.5. The zero-order valence-corrected chi connectivity index (χ0v) is 16.8. The molecule has 2 aromatic carbocycles. The number of phenols is 2. The number of methoxy groups -OCH3 is 2. The number of nitrogens with two attached hydrogens (primary N) is 1. The van der Waals surface area contributed by atoms with E-state index < -0.39 is 17.5 Å². The highest BCUT2D eigenvalue weighted by Gasteiger charge is 2.28. The summed E-state index contributed by atoms with van der Waals surface area (Å²) in [7, 11) is 3.08. The van der Waals surface area contributed by atoms with Crippen molar-refractivity contribution in [3.63, 3.8) is 0 Å². The third kappa shape index (κ3) is 7.36. The Bertz CT molecular complexity index is 921. The van der Waals surface area contributed by atoms with Crippen molar-refractivity contribution in [2.75, 3.05) is 14.2 Å². The van der Waals surface area contributed by atoms with E-state index in [1.807, 2.05) is 0 Å². The van der Waals surface area contributed by atoms with Crippen LogP contribution in [0.15, 0.2) is 42.5 Å². The predicted octanol–water partition coefficient (Wildman–Crippen LogP) is 2.24. The average Bonchev–Trinajstić information content (AvgIpc) is 2.69. The van der Waals surface area contributed by atoms with E-state index in [4.69, 9.17) is 30.5 Å². The molecule has 2 rings (SSSR count). The highest BCUT2D eigenvalue weighted by atomic mass is 16.5. The highest BCUT2D eigenvalue weighted by molar-refractivity contribution is 5.85. The van der Waals surface area contributed by atoms with Crippen molar-refractivity contribution in [1.29, 1.82) is 0 Å². The van der Waals surface area contributed by atoms with Gasteiger partial charge in [-0.3, -0.25) is 4.79 Å². The second-order valence-electron chi connectivity index (χ2n) is 6.51. The van der Waals surface area contributed by atoms with Crippen LogP contribution in [0.5, 0.6) is 23.0 Å². The number of ether oxygens (including phenoxy) is 2. The molecule has 0 radical (unpaired) electrons. The minimum Gasteiger partial charge on any atom is -0.504 e. The average molecular weight is 419 g/mol. The van der Waals surface area contributed by atoms with Gasteiger partial charge in [0.15, 0.2) is 23.0 Å². The number of carboxylic acid groups (broad SMARTS) is 2. The molecule has 6 N–H and O–H groups in total. The summed E-state index contributed by atoms with van der Waals surface area (Å²) in [6.45, 7) is 1.39. The standard InChI is InChI=1S/C11H12O4.C10H13NO4/c1-14-9-5-3-8(4-6-11(12)13)7-10(9)15-2;1-10(11,9(14)15)5-6-2-3-7(12)8(13)4-6/h3-7H,1-2H3,(H,12,13);2-4,12-13H,5,11H2,1H3,(H,14,15). The molecule has 0 amide bonds. The first-order valence-electron chi connectivity index (χ1n) is 8.66. The van der Waals surface area contributed by atoms with Crippen molar-refractivity contribution in [3.8, 4) is 23.0 Å². The SMILES string of the molecule is CC(N)(Cc1ccc(O)c(O)c1)C(=O)O.COc1ccc(C=CC(=O)O)cc1OC. The first-order valence-corrected chi connectivity index (χ1v) is 8.66. The smallest absolute Gasteiger partial charge is 0.328 e. The zero-order valence-electron chi connectivity index (χ0n) is 16.8. The van der Waals surface area contributed by atoms with Gasteiger partial charge in [0.05, 0.1) is 14.2 Å². The van der Waals surface area contributed by atoms with Gasteiger partial charge in [0.25, 0.3) is 0 Å². The first kappa shape index (κ1) is 24.3. The quantitative estimate of drug-likeness (QED) is 0.335. The molecular weight excluding hydrogens is 394 g/mol. The Hall–Kier alpha value is -3.72. The third-order valence-corrected chi connectivity index (χ3v) is 3.93. The van der Waals surface area contributed by atoms with E-state index in [-0.39, 0.29) is 17.9 Å². The zero-order chi connectivity index (χ0) is 22.9. The molecule has 0 aliphatic rings. The van der Waals surface area contributed by atoms with Crippen LogP contribution in [0.25, 0.3) is 6.08 Å². The van der Waals surface area contributed by atoms with Gasteiger partial charge in [-0.2, -0.15) is 0 Å². The second-order valence-corrected chi connectivity index (χ2v) is 6.51. The van der Waals surface area contributed by atoms with Crippen LogP contribution in [0.4, 0.5) is 0 Å². The van der Waals surface area contributed by atoms with Crippen LogP contribution in [0.1, 0.15) is 18.1 Å². The van der Waals surface area contributed by atoms with Gasteiger partial charge >= 0.3 is 11.9 Å². The molecule has 162 valence electrons. The van der Waals surface area contributed by atoms with E-state index in [1.54, 1.807) is 25.3 Å². The summed E-state index contributed by atoms with van der Waals surface area (Å²) < 4.78 is 10.1. The summed E-state index contributed by atoms with van der Waals surface area (Å²) in [4.78, 5) is 21.0. The van der Waals surface area contributed by atoms with E-state index in [0.717, 1.165) is 11.6 Å². The lowest BCUT2D eigenvalue weighted by molar-refractivity contribution is -0.142. The lowest BCUT2D eigenvalue weighted by Crippen LogP contribution is -2.46. The van der Waals surface area contributed by atoms with E-state index >= 15 is 0 Å². The van der Waals surface area contributed by atoms with Gasteiger partial charge in [-0.15, -0.1) is 0 Å². The Morgan fingerprint density at radius 3 is 2.13 bits per heavy atom. The molecule has 0 fully saturated rings. The summed E-state index contributed by atoms with van der Waals surface area (Å²) in [5.74, 6) is -1.43. The predicted molar refractivity (Wildman–Crippen MR) is 110 cm³/mol. The summed E-state index contributed by atoms with van der Waals surface area (Å²) in [5.41, 5.74) is 5.45. The number of phenolic OH excluding ortho intramolecular Hbond substituents is 2. The van der Waals surface area contributed by atoms with E-state index in [1.165, 1.54) is 38.3 Å². The molecule has 0 saturated carbocycles. The van der Waals surface area contributed by atoms with Gasteiger partial charge in [-0.1, -0.05) is 12.1 Å². The molecular formula is C21H25NO8. The molecule has 0 saturated heterocycles. The van der Waals surface area contributed by atoms with Crippen LogP contribution in [-0.4, -0.2) is 52.1 Å². The summed E-state index contributed by atoms with van der Waals surface area (Å²) in [6, 6.07) is 9.29. The molecule has 1 atom stereocenters. The highest BCUT2D eigenvalue weighted by Crippen LogP contribution is 2.28. The fraction of sp³-hybridized carbons (Fsp3) is 0.238. The molecule has 2 aromatic rings. The number of carboxylic acids is 2. The van der Waals surface area contributed by atoms with Crippen molar-refractivity contribution in [1.82, 2.24) is 0 Å². The lowest BCUT2D eigenvalue weighted by atomic mass is 9.94. The fourth-order valence-electron chi connectivity index (χ4n) is 2.30. The molecule has 0 bridgehead atoms. The summed E-state index contributed by atoms with van der Waals surface area (Å²) in [6.07, 6.45) is 2.64. The molecule has 9 nitrogen and oxygen atoms in total. The molecule has 1 unspecified atom stereocenters. The minimum atomic E-state index is -1.39. The molecule has 0 aromatic heterocycles. The van der Waals surface area contributed by atoms with Crippen LogP contribution in [0.2, 0.25) is 0 Å². The second kappa shape index (κ2) is 10.7. The molecule has 0 spiro atoms. The van der Waals surface area contributed by atoms with Crippen LogP contribution < -0.4 is 15.2 Å². The van der Waals surface area contributed by atoms with Crippen molar-refractivity contribution in [3.05, 3.63) is 53.6 Å². The van der Waals surface area contributed by atoms with Crippen LogP contribution in [0, 0.1) is 0 Å². The van der Waals surface area contributed by atoms with Crippen LogP contribution in [0.3, 0.4) is 0 Å². The maximum absolute atomic E-state index is 10.7. The maximum Gasteiger partial charge on any atom is 0.328 e. The van der Waals surface area contributed by atoms with Crippen LogP contribution >= 0.6 is 0 Å². The van der Waals surface area contributed by atoms with Crippen molar-refractivity contribution in [2.45, 2.75) is 18.9 Å². The van der Waals surface area contributed by atoms with E-state index in [9.17, 15) is 14.7 Å². The van der Waals surface area contributed by atoms with Gasteiger partial charge in [0.1, 0.15) is 5.54 Å². The van der Waals surface area contributed by atoms with Gasteiger partial charge in [0, 0.05) is 12.5 Å². The van der Waals surface area contributed by atoms with Gasteiger partial charge in [0.2, 0.25) is 0 Å². The largest absolute Gasteiger partial charge is 0.504 e. The number of aromatic hydroxyl groups is 2. The lowest BCUT2D eigenvalue weighted by Gasteiger charge is -2.19. The Balaban J connectivity index is 0.000000300.